The number of H-pyrrole nitrogens is 1. The van der Waals surface area contributed by atoms with Gasteiger partial charge in [-0.25, -0.2) is 4.98 Å². The molecular weight excluding hydrogens is 318 g/mol. The molecule has 4 rings (SSSR count). The maximum Gasteiger partial charge on any atom is 0.165 e. The van der Waals surface area contributed by atoms with Crippen molar-refractivity contribution in [2.45, 2.75) is 19.0 Å². The monoisotopic (exact) mass is 339 g/mol. The smallest absolute Gasteiger partial charge is 0.165 e. The minimum Gasteiger partial charge on any atom is -0.493 e. The summed E-state index contributed by atoms with van der Waals surface area (Å²) in [5.74, 6) is 1.48. The molecule has 0 amide bonds. The van der Waals surface area contributed by atoms with Crippen molar-refractivity contribution in [1.29, 1.82) is 0 Å². The quantitative estimate of drug-likeness (QED) is 0.773. The fraction of sp³-hybridized carbons (Fsp3) is 0.316. The fourth-order valence-corrected chi connectivity index (χ4v) is 3.58. The summed E-state index contributed by atoms with van der Waals surface area (Å²) in [5, 5.41) is 0. The van der Waals surface area contributed by atoms with Crippen LogP contribution in [0.1, 0.15) is 28.6 Å². The Bertz CT molecular complexity index is 841. The van der Waals surface area contributed by atoms with E-state index in [4.69, 9.17) is 13.9 Å². The molecule has 0 fully saturated rings. The van der Waals surface area contributed by atoms with Gasteiger partial charge in [-0.1, -0.05) is 12.1 Å². The van der Waals surface area contributed by atoms with E-state index in [1.165, 1.54) is 5.69 Å². The van der Waals surface area contributed by atoms with Gasteiger partial charge in [-0.05, 0) is 12.1 Å². The molecule has 1 aliphatic heterocycles. The molecule has 6 nitrogen and oxygen atoms in total. The van der Waals surface area contributed by atoms with E-state index in [1.54, 1.807) is 33.1 Å². The maximum absolute atomic E-state index is 5.69. The van der Waals surface area contributed by atoms with Gasteiger partial charge >= 0.3 is 0 Å². The minimum absolute atomic E-state index is 0.00468. The zero-order chi connectivity index (χ0) is 17.2. The van der Waals surface area contributed by atoms with Crippen LogP contribution >= 0.6 is 0 Å². The summed E-state index contributed by atoms with van der Waals surface area (Å²) in [5.41, 5.74) is 4.42. The second kappa shape index (κ2) is 6.64. The molecule has 25 heavy (non-hydrogen) atoms. The van der Waals surface area contributed by atoms with Gasteiger partial charge in [0, 0.05) is 36.3 Å². The molecule has 0 spiro atoms. The van der Waals surface area contributed by atoms with E-state index in [0.29, 0.717) is 0 Å². The Balaban J connectivity index is 1.80. The van der Waals surface area contributed by atoms with Crippen LogP contribution in [-0.4, -0.2) is 35.6 Å². The lowest BCUT2D eigenvalue weighted by Gasteiger charge is -2.35. The highest BCUT2D eigenvalue weighted by molar-refractivity contribution is 5.51. The molecule has 0 bridgehead atoms. The zero-order valence-corrected chi connectivity index (χ0v) is 14.4. The molecule has 2 aromatic heterocycles. The highest BCUT2D eigenvalue weighted by atomic mass is 16.5. The van der Waals surface area contributed by atoms with E-state index in [1.807, 2.05) is 18.2 Å². The largest absolute Gasteiger partial charge is 0.493 e. The topological polar surface area (TPSA) is 63.5 Å². The number of methoxy groups -OCH3 is 2. The molecule has 1 N–H and O–H groups in total. The Morgan fingerprint density at radius 1 is 1.28 bits per heavy atom. The predicted octanol–water partition coefficient (Wildman–Crippen LogP) is 3.17. The first kappa shape index (κ1) is 15.8. The van der Waals surface area contributed by atoms with Gasteiger partial charge in [-0.3, -0.25) is 4.90 Å². The molecule has 1 atom stereocenters. The second-order valence-corrected chi connectivity index (χ2v) is 6.10. The number of aromatic nitrogens is 2. The minimum atomic E-state index is -0.00468. The number of imidazole rings is 1. The summed E-state index contributed by atoms with van der Waals surface area (Å²) in [6.45, 7) is 1.71. The van der Waals surface area contributed by atoms with Crippen LogP contribution in [0.2, 0.25) is 0 Å². The molecule has 1 aliphatic rings. The number of hydrogen-bond acceptors (Lipinski definition) is 5. The summed E-state index contributed by atoms with van der Waals surface area (Å²) in [6.07, 6.45) is 6.21. The van der Waals surface area contributed by atoms with Crippen molar-refractivity contribution in [2.75, 3.05) is 20.8 Å². The number of nitrogens with one attached hydrogen (secondary N) is 1. The number of furan rings is 1. The van der Waals surface area contributed by atoms with Gasteiger partial charge in [0.15, 0.2) is 11.5 Å². The van der Waals surface area contributed by atoms with Crippen LogP contribution < -0.4 is 9.47 Å². The number of rotatable bonds is 5. The molecule has 0 unspecified atom stereocenters. The normalized spacial score (nSPS) is 17.3. The van der Waals surface area contributed by atoms with Crippen molar-refractivity contribution in [3.05, 3.63) is 65.6 Å². The SMILES string of the molecule is COc1cccc([C@H]2c3nc[nH]c3CCN2Cc2ccoc2)c1OC. The zero-order valence-electron chi connectivity index (χ0n) is 14.4. The molecule has 0 saturated carbocycles. The number of hydrogen-bond donors (Lipinski definition) is 1. The third-order valence-corrected chi connectivity index (χ3v) is 4.72. The molecule has 6 heteroatoms. The lowest BCUT2D eigenvalue weighted by Crippen LogP contribution is -2.36. The standard InChI is InChI=1S/C19H21N3O3/c1-23-16-5-3-4-14(19(16)24-2)18-17-15(20-12-21-17)6-8-22(18)10-13-7-9-25-11-13/h3-5,7,9,11-12,18H,6,8,10H2,1-2H3,(H,20,21)/t18-/m0/s1. The van der Waals surface area contributed by atoms with Crippen LogP contribution in [0.4, 0.5) is 0 Å². The predicted molar refractivity (Wildman–Crippen MR) is 92.8 cm³/mol. The number of nitrogens with zero attached hydrogens (tertiary/aromatic N) is 2. The molecule has 0 aliphatic carbocycles. The van der Waals surface area contributed by atoms with E-state index in [0.717, 1.165) is 47.8 Å². The number of aromatic amines is 1. The van der Waals surface area contributed by atoms with Crippen molar-refractivity contribution < 1.29 is 13.9 Å². The van der Waals surface area contributed by atoms with Crippen molar-refractivity contribution in [2.24, 2.45) is 0 Å². The number of fused-ring (bicyclic) bond motifs is 1. The van der Waals surface area contributed by atoms with Gasteiger partial charge in [-0.15, -0.1) is 0 Å². The van der Waals surface area contributed by atoms with Crippen LogP contribution in [0.3, 0.4) is 0 Å². The van der Waals surface area contributed by atoms with Crippen LogP contribution in [-0.2, 0) is 13.0 Å². The molecule has 130 valence electrons. The fourth-order valence-electron chi connectivity index (χ4n) is 3.58. The molecule has 0 saturated heterocycles. The highest BCUT2D eigenvalue weighted by Gasteiger charge is 2.33. The van der Waals surface area contributed by atoms with E-state index in [9.17, 15) is 0 Å². The number of para-hydroxylation sites is 1. The third-order valence-electron chi connectivity index (χ3n) is 4.72. The average molecular weight is 339 g/mol. The van der Waals surface area contributed by atoms with Crippen LogP contribution in [0.15, 0.2) is 47.5 Å². The van der Waals surface area contributed by atoms with Gasteiger partial charge in [0.05, 0.1) is 44.8 Å². The first-order valence-electron chi connectivity index (χ1n) is 8.30. The Morgan fingerprint density at radius 2 is 2.20 bits per heavy atom. The Hall–Kier alpha value is -2.73. The summed E-state index contributed by atoms with van der Waals surface area (Å²) < 4.78 is 16.4. The molecule has 0 radical (unpaired) electrons. The molecule has 3 heterocycles. The van der Waals surface area contributed by atoms with Crippen molar-refractivity contribution in [1.82, 2.24) is 14.9 Å². The van der Waals surface area contributed by atoms with E-state index >= 15 is 0 Å². The third kappa shape index (κ3) is 2.78. The maximum atomic E-state index is 5.69. The van der Waals surface area contributed by atoms with Gasteiger partial charge in [0.2, 0.25) is 0 Å². The van der Waals surface area contributed by atoms with E-state index in [2.05, 4.69) is 20.9 Å². The Morgan fingerprint density at radius 3 is 2.96 bits per heavy atom. The number of benzene rings is 1. The number of ether oxygens (including phenoxy) is 2. The van der Waals surface area contributed by atoms with Gasteiger partial charge in [0.1, 0.15) is 0 Å². The van der Waals surface area contributed by atoms with Crippen molar-refractivity contribution in [3.63, 3.8) is 0 Å². The van der Waals surface area contributed by atoms with Gasteiger partial charge in [0.25, 0.3) is 0 Å². The van der Waals surface area contributed by atoms with Crippen LogP contribution in [0.5, 0.6) is 11.5 Å². The Labute approximate surface area is 146 Å². The molecular formula is C19H21N3O3. The van der Waals surface area contributed by atoms with Gasteiger partial charge < -0.3 is 18.9 Å². The first-order valence-corrected chi connectivity index (χ1v) is 8.30. The summed E-state index contributed by atoms with van der Waals surface area (Å²) in [4.78, 5) is 10.3. The molecule has 1 aromatic carbocycles. The lowest BCUT2D eigenvalue weighted by molar-refractivity contribution is 0.195. The second-order valence-electron chi connectivity index (χ2n) is 6.10. The lowest BCUT2D eigenvalue weighted by atomic mass is 9.94. The van der Waals surface area contributed by atoms with Crippen LogP contribution in [0, 0.1) is 0 Å². The summed E-state index contributed by atoms with van der Waals surface area (Å²) in [6, 6.07) is 7.98. The average Bonchev–Trinajstić information content (AvgIpc) is 3.32. The van der Waals surface area contributed by atoms with Crippen molar-refractivity contribution >= 4 is 0 Å². The van der Waals surface area contributed by atoms with E-state index in [-0.39, 0.29) is 6.04 Å². The highest BCUT2D eigenvalue weighted by Crippen LogP contribution is 2.42. The van der Waals surface area contributed by atoms with Crippen LogP contribution in [0.25, 0.3) is 0 Å². The molecule has 3 aromatic rings. The van der Waals surface area contributed by atoms with Crippen molar-refractivity contribution in [3.8, 4) is 11.5 Å². The van der Waals surface area contributed by atoms with E-state index < -0.39 is 0 Å². The Kier molecular flexibility index (Phi) is 4.19. The first-order chi connectivity index (χ1) is 12.3. The van der Waals surface area contributed by atoms with Gasteiger partial charge in [-0.2, -0.15) is 0 Å². The summed E-state index contributed by atoms with van der Waals surface area (Å²) >= 11 is 0. The summed E-state index contributed by atoms with van der Waals surface area (Å²) in [7, 11) is 3.34.